The number of anilines is 1. The normalized spacial score (nSPS) is 11.0. The van der Waals surface area contributed by atoms with Gasteiger partial charge in [-0.3, -0.25) is 9.88 Å². The van der Waals surface area contributed by atoms with Crippen LogP contribution in [0, 0.1) is 6.92 Å². The highest BCUT2D eigenvalue weighted by Crippen LogP contribution is 2.31. The molecule has 2 aromatic carbocycles. The second-order valence-electron chi connectivity index (χ2n) is 8.48. The maximum atomic E-state index is 13.1. The number of carbonyl (C=O) groups is 2. The van der Waals surface area contributed by atoms with E-state index in [0.717, 1.165) is 22.4 Å². The second kappa shape index (κ2) is 9.64. The van der Waals surface area contributed by atoms with Gasteiger partial charge < -0.3 is 9.47 Å². The molecule has 0 radical (unpaired) electrons. The van der Waals surface area contributed by atoms with Crippen molar-refractivity contribution in [1.29, 1.82) is 0 Å². The van der Waals surface area contributed by atoms with Gasteiger partial charge in [0.2, 0.25) is 0 Å². The maximum Gasteiger partial charge on any atom is 0.415 e. The fraction of sp³-hybridized carbons (Fsp3) is 0.269. The van der Waals surface area contributed by atoms with Gasteiger partial charge in [0.1, 0.15) is 5.60 Å². The van der Waals surface area contributed by atoms with Gasteiger partial charge in [0, 0.05) is 11.9 Å². The number of hydrogen-bond donors (Lipinski definition) is 0. The molecular weight excluding hydrogens is 404 g/mol. The van der Waals surface area contributed by atoms with Crippen molar-refractivity contribution in [1.82, 2.24) is 4.98 Å². The molecule has 0 bridgehead atoms. The zero-order valence-electron chi connectivity index (χ0n) is 19.1. The summed E-state index contributed by atoms with van der Waals surface area (Å²) in [6.07, 6.45) is 1.22. The van der Waals surface area contributed by atoms with Crippen LogP contribution in [0.15, 0.2) is 66.9 Å². The van der Waals surface area contributed by atoms with E-state index in [0.29, 0.717) is 11.3 Å². The summed E-state index contributed by atoms with van der Waals surface area (Å²) >= 11 is 0. The molecule has 0 N–H and O–H groups in total. The Morgan fingerprint density at radius 2 is 1.72 bits per heavy atom. The predicted octanol–water partition coefficient (Wildman–Crippen LogP) is 5.79. The van der Waals surface area contributed by atoms with Gasteiger partial charge in [-0.15, -0.1) is 0 Å². The lowest BCUT2D eigenvalue weighted by molar-refractivity contribution is 0.0573. The largest absolute Gasteiger partial charge is 0.465 e. The average Bonchev–Trinajstić information content (AvgIpc) is 2.76. The number of aryl methyl sites for hydroxylation is 1. The van der Waals surface area contributed by atoms with Crippen molar-refractivity contribution in [3.63, 3.8) is 0 Å². The van der Waals surface area contributed by atoms with E-state index in [1.54, 1.807) is 23.2 Å². The van der Waals surface area contributed by atoms with Crippen LogP contribution in [0.25, 0.3) is 11.1 Å². The molecule has 0 fully saturated rings. The molecule has 6 heteroatoms. The average molecular weight is 433 g/mol. The lowest BCUT2D eigenvalue weighted by Crippen LogP contribution is -2.36. The monoisotopic (exact) mass is 432 g/mol. The number of carbonyl (C=O) groups excluding carboxylic acids is 2. The number of rotatable bonds is 5. The van der Waals surface area contributed by atoms with E-state index >= 15 is 0 Å². The number of pyridine rings is 1. The summed E-state index contributed by atoms with van der Waals surface area (Å²) in [5, 5.41) is 0. The number of benzene rings is 2. The molecule has 0 aliphatic carbocycles. The molecule has 0 saturated carbocycles. The molecule has 1 amide bonds. The van der Waals surface area contributed by atoms with E-state index in [2.05, 4.69) is 4.98 Å². The third kappa shape index (κ3) is 5.72. The van der Waals surface area contributed by atoms with E-state index in [4.69, 9.17) is 9.47 Å². The van der Waals surface area contributed by atoms with Gasteiger partial charge in [-0.25, -0.2) is 9.59 Å². The third-order valence-electron chi connectivity index (χ3n) is 4.68. The van der Waals surface area contributed by atoms with Crippen LogP contribution in [0.1, 0.15) is 42.4 Å². The molecule has 32 heavy (non-hydrogen) atoms. The van der Waals surface area contributed by atoms with Crippen LogP contribution in [0.4, 0.5) is 10.5 Å². The lowest BCUT2D eigenvalue weighted by atomic mass is 9.97. The summed E-state index contributed by atoms with van der Waals surface area (Å²) in [5.74, 6) is -0.416. The zero-order chi connectivity index (χ0) is 23.3. The van der Waals surface area contributed by atoms with Crippen LogP contribution in [0.3, 0.4) is 0 Å². The van der Waals surface area contributed by atoms with Gasteiger partial charge in [-0.05, 0) is 74.7 Å². The fourth-order valence-electron chi connectivity index (χ4n) is 3.33. The number of ether oxygens (including phenoxy) is 2. The molecular formula is C26H28N2O4. The standard InChI is InChI=1S/C26H28N2O4/c1-18-14-19(22-11-6-7-12-23(22)24(29)31-5)16-21(15-18)28(25(30)32-26(2,3)4)17-20-10-8-9-13-27-20/h6-16H,17H2,1-5H3. The molecule has 0 atom stereocenters. The minimum absolute atomic E-state index is 0.247. The van der Waals surface area contributed by atoms with Crippen LogP contribution >= 0.6 is 0 Å². The maximum absolute atomic E-state index is 13.1. The summed E-state index contributed by atoms with van der Waals surface area (Å²) < 4.78 is 10.6. The Bertz CT molecular complexity index is 1100. The smallest absolute Gasteiger partial charge is 0.415 e. The number of amides is 1. The summed E-state index contributed by atoms with van der Waals surface area (Å²) in [6, 6.07) is 18.6. The number of esters is 1. The predicted molar refractivity (Wildman–Crippen MR) is 125 cm³/mol. The Balaban J connectivity index is 2.09. The van der Waals surface area contributed by atoms with Crippen molar-refractivity contribution in [3.8, 4) is 11.1 Å². The summed E-state index contributed by atoms with van der Waals surface area (Å²) in [4.78, 5) is 31.4. The molecule has 166 valence electrons. The molecule has 0 aliphatic rings. The highest BCUT2D eigenvalue weighted by molar-refractivity contribution is 5.98. The van der Waals surface area contributed by atoms with E-state index in [1.165, 1.54) is 7.11 Å². The topological polar surface area (TPSA) is 68.7 Å². The van der Waals surface area contributed by atoms with Gasteiger partial charge in [-0.1, -0.05) is 30.3 Å². The first-order valence-corrected chi connectivity index (χ1v) is 10.4. The number of nitrogens with zero attached hydrogens (tertiary/aromatic N) is 2. The van der Waals surface area contributed by atoms with Crippen LogP contribution < -0.4 is 4.90 Å². The lowest BCUT2D eigenvalue weighted by Gasteiger charge is -2.28. The summed E-state index contributed by atoms with van der Waals surface area (Å²) in [6.45, 7) is 7.69. The van der Waals surface area contributed by atoms with Gasteiger partial charge in [-0.2, -0.15) is 0 Å². The van der Waals surface area contributed by atoms with E-state index < -0.39 is 17.7 Å². The van der Waals surface area contributed by atoms with E-state index in [-0.39, 0.29) is 6.54 Å². The highest BCUT2D eigenvalue weighted by Gasteiger charge is 2.25. The minimum atomic E-state index is -0.649. The highest BCUT2D eigenvalue weighted by atomic mass is 16.6. The number of hydrogen-bond acceptors (Lipinski definition) is 5. The van der Waals surface area contributed by atoms with Gasteiger partial charge in [0.15, 0.2) is 0 Å². The van der Waals surface area contributed by atoms with Gasteiger partial charge in [0.05, 0.1) is 24.9 Å². The Hall–Kier alpha value is -3.67. The fourth-order valence-corrected chi connectivity index (χ4v) is 3.33. The molecule has 0 aliphatic heterocycles. The molecule has 3 rings (SSSR count). The van der Waals surface area contributed by atoms with Gasteiger partial charge in [0.25, 0.3) is 0 Å². The van der Waals surface area contributed by atoms with Crippen molar-refractivity contribution >= 4 is 17.7 Å². The van der Waals surface area contributed by atoms with Crippen molar-refractivity contribution in [2.75, 3.05) is 12.0 Å². The zero-order valence-corrected chi connectivity index (χ0v) is 19.1. The van der Waals surface area contributed by atoms with Crippen molar-refractivity contribution < 1.29 is 19.1 Å². The Morgan fingerprint density at radius 1 is 1.00 bits per heavy atom. The molecule has 6 nitrogen and oxygen atoms in total. The molecule has 0 saturated heterocycles. The van der Waals surface area contributed by atoms with E-state index in [1.807, 2.05) is 76.2 Å². The summed E-state index contributed by atoms with van der Waals surface area (Å²) in [5.41, 5.74) is 3.66. The third-order valence-corrected chi connectivity index (χ3v) is 4.68. The van der Waals surface area contributed by atoms with E-state index in [9.17, 15) is 9.59 Å². The Morgan fingerprint density at radius 3 is 2.38 bits per heavy atom. The van der Waals surface area contributed by atoms with Crippen molar-refractivity contribution in [3.05, 3.63) is 83.7 Å². The van der Waals surface area contributed by atoms with Crippen LogP contribution in [-0.4, -0.2) is 29.8 Å². The van der Waals surface area contributed by atoms with Crippen LogP contribution in [-0.2, 0) is 16.0 Å². The molecule has 1 aromatic heterocycles. The first-order chi connectivity index (χ1) is 15.2. The Kier molecular flexibility index (Phi) is 6.93. The second-order valence-corrected chi connectivity index (χ2v) is 8.48. The van der Waals surface area contributed by atoms with Crippen LogP contribution in [0.5, 0.6) is 0 Å². The number of methoxy groups -OCH3 is 1. The Labute approximate surface area is 188 Å². The first kappa shape index (κ1) is 23.0. The minimum Gasteiger partial charge on any atom is -0.465 e. The van der Waals surface area contributed by atoms with Crippen LogP contribution in [0.2, 0.25) is 0 Å². The quantitative estimate of drug-likeness (QED) is 0.478. The SMILES string of the molecule is COC(=O)c1ccccc1-c1cc(C)cc(N(Cc2ccccn2)C(=O)OC(C)(C)C)c1. The molecule has 3 aromatic rings. The van der Waals surface area contributed by atoms with Crippen molar-refractivity contribution in [2.24, 2.45) is 0 Å². The summed E-state index contributed by atoms with van der Waals surface area (Å²) in [7, 11) is 1.36. The molecule has 1 heterocycles. The van der Waals surface area contributed by atoms with Gasteiger partial charge >= 0.3 is 12.1 Å². The molecule has 0 unspecified atom stereocenters. The van der Waals surface area contributed by atoms with Crippen molar-refractivity contribution in [2.45, 2.75) is 39.8 Å². The molecule has 0 spiro atoms. The number of aromatic nitrogens is 1. The first-order valence-electron chi connectivity index (χ1n) is 10.4.